The molecule has 2 aromatic carbocycles. The molecule has 1 aliphatic carbocycles. The number of non-ortho nitro benzene ring substituents is 1. The normalized spacial score (nSPS) is 14.0. The van der Waals surface area contributed by atoms with Gasteiger partial charge >= 0.3 is 5.69 Å². The minimum absolute atomic E-state index is 0.00663. The summed E-state index contributed by atoms with van der Waals surface area (Å²) in [7, 11) is 1.53. The number of hydrogen-bond donors (Lipinski definition) is 0. The van der Waals surface area contributed by atoms with E-state index >= 15 is 0 Å². The predicted octanol–water partition coefficient (Wildman–Crippen LogP) is 3.43. The minimum atomic E-state index is -0.456. The molecule has 1 fully saturated rings. The van der Waals surface area contributed by atoms with E-state index in [1.54, 1.807) is 34.9 Å². The van der Waals surface area contributed by atoms with E-state index in [-0.39, 0.29) is 29.5 Å². The highest BCUT2D eigenvalue weighted by Crippen LogP contribution is 2.29. The lowest BCUT2D eigenvalue weighted by molar-refractivity contribution is -0.384. The topological polar surface area (TPSA) is 114 Å². The first-order chi connectivity index (χ1) is 16.5. The van der Waals surface area contributed by atoms with Crippen LogP contribution in [0.2, 0.25) is 0 Å². The molecule has 2 heterocycles. The van der Waals surface area contributed by atoms with Crippen molar-refractivity contribution in [2.24, 2.45) is 0 Å². The number of nitro groups is 1. The first kappa shape index (κ1) is 21.6. The summed E-state index contributed by atoms with van der Waals surface area (Å²) < 4.78 is 9.99. The molecule has 4 aromatic rings. The van der Waals surface area contributed by atoms with Crippen LogP contribution in [-0.2, 0) is 6.54 Å². The number of methoxy groups -OCH3 is 1. The minimum Gasteiger partial charge on any atom is -0.495 e. The Kier molecular flexibility index (Phi) is 5.48. The van der Waals surface area contributed by atoms with E-state index in [1.807, 2.05) is 6.07 Å². The van der Waals surface area contributed by atoms with Crippen LogP contribution in [0.4, 0.5) is 5.69 Å². The fourth-order valence-electron chi connectivity index (χ4n) is 4.71. The van der Waals surface area contributed by atoms with Gasteiger partial charge in [-0.1, -0.05) is 37.1 Å². The fraction of sp³-hybridized carbons (Fsp3) is 0.292. The zero-order valence-electron chi connectivity index (χ0n) is 18.6. The van der Waals surface area contributed by atoms with Crippen LogP contribution in [0, 0.1) is 10.1 Å². The van der Waals surface area contributed by atoms with Crippen molar-refractivity contribution in [1.82, 2.24) is 18.7 Å². The molecule has 10 heteroatoms. The first-order valence-corrected chi connectivity index (χ1v) is 11.1. The number of imidazole rings is 1. The quantitative estimate of drug-likeness (QED) is 0.321. The Hall–Kier alpha value is -4.21. The second-order valence-electron chi connectivity index (χ2n) is 8.37. The Balaban J connectivity index is 1.74. The van der Waals surface area contributed by atoms with Gasteiger partial charge < -0.3 is 9.30 Å². The molecule has 10 nitrogen and oxygen atoms in total. The molecule has 0 radical (unpaired) electrons. The van der Waals surface area contributed by atoms with Crippen molar-refractivity contribution in [1.29, 1.82) is 0 Å². The van der Waals surface area contributed by atoms with Crippen molar-refractivity contribution in [3.8, 4) is 11.4 Å². The second-order valence-corrected chi connectivity index (χ2v) is 8.37. The van der Waals surface area contributed by atoms with Crippen molar-refractivity contribution in [3.05, 3.63) is 91.4 Å². The molecule has 0 atom stereocenters. The van der Waals surface area contributed by atoms with E-state index < -0.39 is 10.6 Å². The van der Waals surface area contributed by atoms with Crippen LogP contribution < -0.4 is 16.0 Å². The molecule has 1 saturated carbocycles. The van der Waals surface area contributed by atoms with Gasteiger partial charge in [-0.3, -0.25) is 19.5 Å². The number of rotatable bonds is 6. The van der Waals surface area contributed by atoms with Crippen molar-refractivity contribution in [2.45, 2.75) is 38.3 Å². The van der Waals surface area contributed by atoms with Gasteiger partial charge in [0.05, 0.1) is 24.0 Å². The molecule has 174 valence electrons. The van der Waals surface area contributed by atoms with Crippen molar-refractivity contribution >= 4 is 16.9 Å². The highest BCUT2D eigenvalue weighted by Gasteiger charge is 2.27. The summed E-state index contributed by atoms with van der Waals surface area (Å²) >= 11 is 0. The number of nitro benzene ring substituents is 1. The molecule has 5 rings (SSSR count). The summed E-state index contributed by atoms with van der Waals surface area (Å²) in [5.41, 5.74) is 1.00. The van der Waals surface area contributed by atoms with Gasteiger partial charge in [0.25, 0.3) is 11.2 Å². The molecule has 0 saturated heterocycles. The lowest BCUT2D eigenvalue weighted by atomic mass is 10.2. The highest BCUT2D eigenvalue weighted by atomic mass is 16.6. The molecular formula is C24H23N5O5. The number of para-hydroxylation sites is 2. The van der Waals surface area contributed by atoms with Crippen LogP contribution in [0.3, 0.4) is 0 Å². The van der Waals surface area contributed by atoms with E-state index in [4.69, 9.17) is 4.74 Å². The van der Waals surface area contributed by atoms with E-state index in [1.165, 1.54) is 34.7 Å². The second kappa shape index (κ2) is 8.62. The van der Waals surface area contributed by atoms with Gasteiger partial charge in [0.2, 0.25) is 0 Å². The van der Waals surface area contributed by atoms with Gasteiger partial charge in [-0.2, -0.15) is 0 Å². The largest absolute Gasteiger partial charge is 0.495 e. The van der Waals surface area contributed by atoms with E-state index in [9.17, 15) is 19.7 Å². The van der Waals surface area contributed by atoms with Crippen molar-refractivity contribution in [3.63, 3.8) is 0 Å². The maximum absolute atomic E-state index is 13.7. The third-order valence-electron chi connectivity index (χ3n) is 6.36. The van der Waals surface area contributed by atoms with Gasteiger partial charge in [-0.15, -0.1) is 0 Å². The molecule has 0 unspecified atom stereocenters. The molecule has 1 aliphatic rings. The average molecular weight is 461 g/mol. The summed E-state index contributed by atoms with van der Waals surface area (Å²) in [5.74, 6) is 0.493. The van der Waals surface area contributed by atoms with Crippen LogP contribution in [0.15, 0.2) is 64.4 Å². The molecule has 0 spiro atoms. The Morgan fingerprint density at radius 3 is 2.47 bits per heavy atom. The standard InChI is InChI=1S/C24H23N5O5/c1-34-20-9-5-4-8-19(20)28-22-21(23(30)27(24(28)31)17-6-2-3-7-17)26(15-25-22)14-16-10-12-18(13-11-16)29(32)33/h4-5,8-13,15,17H,2-3,6-7,14H2,1H3. The van der Waals surface area contributed by atoms with Crippen LogP contribution in [0.25, 0.3) is 16.9 Å². The molecule has 0 amide bonds. The molecular weight excluding hydrogens is 438 g/mol. The zero-order chi connectivity index (χ0) is 23.8. The summed E-state index contributed by atoms with van der Waals surface area (Å²) in [6.07, 6.45) is 4.99. The lowest BCUT2D eigenvalue weighted by Gasteiger charge is -2.18. The van der Waals surface area contributed by atoms with E-state index in [0.29, 0.717) is 17.0 Å². The number of aromatic nitrogens is 4. The third-order valence-corrected chi connectivity index (χ3v) is 6.36. The lowest BCUT2D eigenvalue weighted by Crippen LogP contribution is -2.42. The smallest absolute Gasteiger partial charge is 0.337 e. The van der Waals surface area contributed by atoms with E-state index in [0.717, 1.165) is 31.2 Å². The van der Waals surface area contributed by atoms with Crippen LogP contribution in [0.5, 0.6) is 5.75 Å². The van der Waals surface area contributed by atoms with Gasteiger partial charge in [0.1, 0.15) is 5.75 Å². The Morgan fingerprint density at radius 2 is 1.79 bits per heavy atom. The average Bonchev–Trinajstić information content (AvgIpc) is 3.51. The Morgan fingerprint density at radius 1 is 1.09 bits per heavy atom. The van der Waals surface area contributed by atoms with Gasteiger partial charge in [-0.05, 0) is 30.5 Å². The zero-order valence-corrected chi connectivity index (χ0v) is 18.6. The summed E-state index contributed by atoms with van der Waals surface area (Å²) in [5, 5.41) is 11.0. The van der Waals surface area contributed by atoms with Gasteiger partial charge in [0, 0.05) is 24.7 Å². The van der Waals surface area contributed by atoms with Crippen molar-refractivity contribution < 1.29 is 9.66 Å². The predicted molar refractivity (Wildman–Crippen MR) is 126 cm³/mol. The summed E-state index contributed by atoms with van der Waals surface area (Å²) in [6.45, 7) is 0.276. The SMILES string of the molecule is COc1ccccc1-n1c(=O)n(C2CCCC2)c(=O)c2c1ncn2Cc1ccc([N+](=O)[O-])cc1. The third kappa shape index (κ3) is 3.57. The maximum atomic E-state index is 13.7. The van der Waals surface area contributed by atoms with Crippen LogP contribution in [-0.4, -0.2) is 30.7 Å². The molecule has 0 bridgehead atoms. The number of fused-ring (bicyclic) bond motifs is 1. The number of ether oxygens (including phenoxy) is 1. The van der Waals surface area contributed by atoms with Gasteiger partial charge in [0.15, 0.2) is 11.2 Å². The molecule has 34 heavy (non-hydrogen) atoms. The number of nitrogens with zero attached hydrogens (tertiary/aromatic N) is 5. The fourth-order valence-corrected chi connectivity index (χ4v) is 4.71. The molecule has 0 aliphatic heterocycles. The molecule has 2 aromatic heterocycles. The van der Waals surface area contributed by atoms with Gasteiger partial charge in [-0.25, -0.2) is 14.3 Å². The van der Waals surface area contributed by atoms with Crippen LogP contribution in [0.1, 0.15) is 37.3 Å². The Bertz CT molecular complexity index is 1490. The van der Waals surface area contributed by atoms with E-state index in [2.05, 4.69) is 4.98 Å². The maximum Gasteiger partial charge on any atom is 0.337 e. The molecule has 0 N–H and O–H groups in total. The number of benzene rings is 2. The number of hydrogen-bond acceptors (Lipinski definition) is 6. The highest BCUT2D eigenvalue weighted by molar-refractivity contribution is 5.73. The Labute approximate surface area is 193 Å². The summed E-state index contributed by atoms with van der Waals surface area (Å²) in [4.78, 5) is 42.3. The van der Waals surface area contributed by atoms with Crippen molar-refractivity contribution in [2.75, 3.05) is 7.11 Å². The first-order valence-electron chi connectivity index (χ1n) is 11.1. The summed E-state index contributed by atoms with van der Waals surface area (Å²) in [6, 6.07) is 13.1. The van der Waals surface area contributed by atoms with Crippen LogP contribution >= 0.6 is 0 Å². The monoisotopic (exact) mass is 461 g/mol.